The molecule has 0 radical (unpaired) electrons. The highest BCUT2D eigenvalue weighted by molar-refractivity contribution is 7.09. The van der Waals surface area contributed by atoms with Crippen LogP contribution in [0.2, 0.25) is 0 Å². The summed E-state index contributed by atoms with van der Waals surface area (Å²) < 4.78 is 7.82. The zero-order valence-electron chi connectivity index (χ0n) is 13.4. The smallest absolute Gasteiger partial charge is 0.220 e. The highest BCUT2D eigenvalue weighted by atomic mass is 32.1. The fourth-order valence-electron chi connectivity index (χ4n) is 2.99. The third kappa shape index (κ3) is 4.42. The number of imidazole rings is 1. The van der Waals surface area contributed by atoms with Crippen LogP contribution >= 0.6 is 11.3 Å². The highest BCUT2D eigenvalue weighted by Crippen LogP contribution is 2.27. The summed E-state index contributed by atoms with van der Waals surface area (Å²) in [7, 11) is 1.97. The van der Waals surface area contributed by atoms with Crippen molar-refractivity contribution in [3.63, 3.8) is 0 Å². The molecule has 3 rings (SSSR count). The van der Waals surface area contributed by atoms with Crippen LogP contribution in [0.3, 0.4) is 0 Å². The molecule has 0 aromatic carbocycles. The van der Waals surface area contributed by atoms with Crippen LogP contribution in [0.1, 0.15) is 42.4 Å². The molecule has 0 bridgehead atoms. The summed E-state index contributed by atoms with van der Waals surface area (Å²) >= 11 is 1.75. The minimum atomic E-state index is 0.0210. The molecule has 0 spiro atoms. The molecule has 2 aromatic rings. The third-order valence-electron chi connectivity index (χ3n) is 4.24. The number of carbonyl (C=O) groups is 1. The predicted octanol–water partition coefficient (Wildman–Crippen LogP) is 2.84. The Morgan fingerprint density at radius 2 is 2.48 bits per heavy atom. The van der Waals surface area contributed by atoms with Crippen molar-refractivity contribution in [1.29, 1.82) is 0 Å². The molecule has 124 valence electrons. The maximum atomic E-state index is 12.1. The second-order valence-electron chi connectivity index (χ2n) is 6.01. The Balaban J connectivity index is 1.44. The molecular formula is C17H23N3O2S. The molecule has 3 heterocycles. The van der Waals surface area contributed by atoms with Crippen molar-refractivity contribution in [1.82, 2.24) is 14.9 Å². The highest BCUT2D eigenvalue weighted by Gasteiger charge is 2.26. The van der Waals surface area contributed by atoms with Crippen molar-refractivity contribution in [3.8, 4) is 0 Å². The lowest BCUT2D eigenvalue weighted by Crippen LogP contribution is -2.40. The molecule has 6 heteroatoms. The Hall–Kier alpha value is -1.66. The molecule has 1 fully saturated rings. The maximum absolute atomic E-state index is 12.1. The Labute approximate surface area is 140 Å². The van der Waals surface area contributed by atoms with Crippen LogP contribution < -0.4 is 5.32 Å². The molecule has 2 atom stereocenters. The van der Waals surface area contributed by atoms with Gasteiger partial charge in [-0.15, -0.1) is 11.3 Å². The van der Waals surface area contributed by atoms with E-state index in [0.29, 0.717) is 13.0 Å². The van der Waals surface area contributed by atoms with Gasteiger partial charge in [-0.2, -0.15) is 0 Å². The van der Waals surface area contributed by atoms with Crippen LogP contribution in [0, 0.1) is 0 Å². The number of hydrogen-bond donors (Lipinski definition) is 1. The zero-order valence-corrected chi connectivity index (χ0v) is 14.2. The first-order chi connectivity index (χ1) is 11.2. The molecule has 0 aliphatic carbocycles. The van der Waals surface area contributed by atoms with Gasteiger partial charge in [-0.25, -0.2) is 4.98 Å². The van der Waals surface area contributed by atoms with E-state index >= 15 is 0 Å². The third-order valence-corrected chi connectivity index (χ3v) is 5.18. The molecule has 5 nitrogen and oxygen atoms in total. The number of ether oxygens (including phenoxy) is 1. The van der Waals surface area contributed by atoms with E-state index in [9.17, 15) is 4.79 Å². The monoisotopic (exact) mass is 333 g/mol. The molecule has 23 heavy (non-hydrogen) atoms. The van der Waals surface area contributed by atoms with Crippen LogP contribution in [0.25, 0.3) is 0 Å². The normalized spacial score (nSPS) is 21.3. The van der Waals surface area contributed by atoms with Crippen LogP contribution in [0.5, 0.6) is 0 Å². The summed E-state index contributed by atoms with van der Waals surface area (Å²) in [6.45, 7) is 0.677. The molecule has 0 unspecified atom stereocenters. The predicted molar refractivity (Wildman–Crippen MR) is 90.3 cm³/mol. The number of thiophene rings is 1. The van der Waals surface area contributed by atoms with Crippen molar-refractivity contribution in [2.45, 2.75) is 44.2 Å². The summed E-state index contributed by atoms with van der Waals surface area (Å²) in [6, 6.07) is 4.37. The lowest BCUT2D eigenvalue weighted by Gasteiger charge is -2.30. The molecule has 1 N–H and O–H groups in total. The van der Waals surface area contributed by atoms with Crippen molar-refractivity contribution in [3.05, 3.63) is 40.6 Å². The molecular weight excluding hydrogens is 310 g/mol. The minimum absolute atomic E-state index is 0.0210. The SMILES string of the molecule is Cn1cncc1[C@@H]1C[C@@H](NC(=O)CCCc2cccs2)CCO1. The summed E-state index contributed by atoms with van der Waals surface area (Å²) in [5.41, 5.74) is 1.07. The van der Waals surface area contributed by atoms with Gasteiger partial charge in [0.15, 0.2) is 0 Å². The quantitative estimate of drug-likeness (QED) is 0.884. The van der Waals surface area contributed by atoms with E-state index in [1.165, 1.54) is 4.88 Å². The summed E-state index contributed by atoms with van der Waals surface area (Å²) in [5.74, 6) is 0.150. The molecule has 1 aliphatic rings. The van der Waals surface area contributed by atoms with Gasteiger partial charge in [-0.05, 0) is 37.1 Å². The Bertz CT molecular complexity index is 624. The van der Waals surface area contributed by atoms with Crippen molar-refractivity contribution < 1.29 is 9.53 Å². The van der Waals surface area contributed by atoms with E-state index in [2.05, 4.69) is 27.8 Å². The fourth-order valence-corrected chi connectivity index (χ4v) is 3.74. The lowest BCUT2D eigenvalue weighted by molar-refractivity contribution is -0.123. The van der Waals surface area contributed by atoms with Crippen LogP contribution in [-0.2, 0) is 23.0 Å². The van der Waals surface area contributed by atoms with E-state index in [0.717, 1.165) is 31.4 Å². The first-order valence-electron chi connectivity index (χ1n) is 8.12. The van der Waals surface area contributed by atoms with E-state index in [1.54, 1.807) is 17.7 Å². The van der Waals surface area contributed by atoms with E-state index < -0.39 is 0 Å². The zero-order chi connectivity index (χ0) is 16.1. The summed E-state index contributed by atoms with van der Waals surface area (Å²) in [5, 5.41) is 5.24. The minimum Gasteiger partial charge on any atom is -0.372 e. The Kier molecular flexibility index (Phi) is 5.46. The number of nitrogens with one attached hydrogen (secondary N) is 1. The molecule has 0 saturated carbocycles. The molecule has 2 aromatic heterocycles. The number of carbonyl (C=O) groups excluding carboxylic acids is 1. The average Bonchev–Trinajstić information content (AvgIpc) is 3.19. The van der Waals surface area contributed by atoms with Gasteiger partial charge in [-0.1, -0.05) is 6.07 Å². The standard InChI is InChI=1S/C17H23N3O2S/c1-20-12-18-11-15(20)16-10-13(7-8-22-16)19-17(21)6-2-4-14-5-3-9-23-14/h3,5,9,11-13,16H,2,4,6-8,10H2,1H3,(H,19,21)/t13-,16-/m0/s1. The van der Waals surface area contributed by atoms with Crippen molar-refractivity contribution in [2.24, 2.45) is 7.05 Å². The van der Waals surface area contributed by atoms with Gasteiger partial charge in [0.25, 0.3) is 0 Å². The van der Waals surface area contributed by atoms with Gasteiger partial charge in [0.2, 0.25) is 5.91 Å². The number of rotatable bonds is 6. The number of aromatic nitrogens is 2. The van der Waals surface area contributed by atoms with Crippen LogP contribution in [-0.4, -0.2) is 28.1 Å². The second-order valence-corrected chi connectivity index (χ2v) is 7.04. The Morgan fingerprint density at radius 3 is 3.22 bits per heavy atom. The summed E-state index contributed by atoms with van der Waals surface area (Å²) in [6.07, 6.45) is 7.82. The van der Waals surface area contributed by atoms with Gasteiger partial charge >= 0.3 is 0 Å². The fraction of sp³-hybridized carbons (Fsp3) is 0.529. The lowest BCUT2D eigenvalue weighted by atomic mass is 10.0. The van der Waals surface area contributed by atoms with Gasteiger partial charge in [0.05, 0.1) is 18.2 Å². The van der Waals surface area contributed by atoms with E-state index in [-0.39, 0.29) is 18.1 Å². The van der Waals surface area contributed by atoms with Crippen LogP contribution in [0.4, 0.5) is 0 Å². The first kappa shape index (κ1) is 16.2. The largest absolute Gasteiger partial charge is 0.372 e. The molecule has 1 amide bonds. The first-order valence-corrected chi connectivity index (χ1v) is 9.00. The van der Waals surface area contributed by atoms with Gasteiger partial charge < -0.3 is 14.6 Å². The van der Waals surface area contributed by atoms with Gasteiger partial charge in [0, 0.05) is 31.0 Å². The van der Waals surface area contributed by atoms with Crippen molar-refractivity contribution >= 4 is 17.2 Å². The number of nitrogens with zero attached hydrogens (tertiary/aromatic N) is 2. The maximum Gasteiger partial charge on any atom is 0.220 e. The van der Waals surface area contributed by atoms with Gasteiger partial charge in [-0.3, -0.25) is 4.79 Å². The van der Waals surface area contributed by atoms with E-state index in [4.69, 9.17) is 4.74 Å². The topological polar surface area (TPSA) is 56.2 Å². The summed E-state index contributed by atoms with van der Waals surface area (Å²) in [4.78, 5) is 17.6. The number of aryl methyl sites for hydroxylation is 2. The molecule has 1 aliphatic heterocycles. The van der Waals surface area contributed by atoms with Gasteiger partial charge in [0.1, 0.15) is 6.10 Å². The average molecular weight is 333 g/mol. The second kappa shape index (κ2) is 7.75. The van der Waals surface area contributed by atoms with Crippen LogP contribution in [0.15, 0.2) is 30.0 Å². The molecule has 1 saturated heterocycles. The number of hydrogen-bond acceptors (Lipinski definition) is 4. The van der Waals surface area contributed by atoms with Crippen molar-refractivity contribution in [2.75, 3.05) is 6.61 Å². The van der Waals surface area contributed by atoms with E-state index in [1.807, 2.05) is 17.8 Å². The Morgan fingerprint density at radius 1 is 1.57 bits per heavy atom. The number of amides is 1.